The highest BCUT2D eigenvalue weighted by molar-refractivity contribution is 5.99. The fraction of sp³-hybridized carbons (Fsp3) is 0.429. The lowest BCUT2D eigenvalue weighted by molar-refractivity contribution is -0.139. The van der Waals surface area contributed by atoms with Gasteiger partial charge in [0.05, 0.1) is 18.5 Å². The number of hydrogen-bond acceptors (Lipinski definition) is 4. The SMILES string of the molecule is CC1CN(CC(=O)N2C[C@H](F)C[C@H]2C(=O)N[C@@H](c2ccccc2)c2ccc(C(C)C)cc2)C(=O)NC1=O. The number of carbonyl (C=O) groups is 4. The number of hydrogen-bond donors (Lipinski definition) is 2. The van der Waals surface area contributed by atoms with Crippen molar-refractivity contribution in [2.75, 3.05) is 19.6 Å². The molecule has 2 aliphatic heterocycles. The summed E-state index contributed by atoms with van der Waals surface area (Å²) in [7, 11) is 0. The lowest BCUT2D eigenvalue weighted by atomic mass is 9.95. The third-order valence-corrected chi connectivity index (χ3v) is 7.01. The fourth-order valence-electron chi connectivity index (χ4n) is 4.82. The Balaban J connectivity index is 1.52. The summed E-state index contributed by atoms with van der Waals surface area (Å²) in [6, 6.07) is 15.3. The van der Waals surface area contributed by atoms with E-state index >= 15 is 0 Å². The van der Waals surface area contributed by atoms with Crippen LogP contribution in [0.4, 0.5) is 9.18 Å². The molecule has 0 saturated carbocycles. The number of halogens is 1. The molecule has 0 aliphatic carbocycles. The van der Waals surface area contributed by atoms with Crippen LogP contribution in [0.3, 0.4) is 0 Å². The van der Waals surface area contributed by atoms with Crippen molar-refractivity contribution >= 4 is 23.8 Å². The molecule has 1 unspecified atom stereocenters. The number of carbonyl (C=O) groups excluding carboxylic acids is 4. The van der Waals surface area contributed by atoms with Crippen molar-refractivity contribution < 1.29 is 23.6 Å². The maximum atomic E-state index is 14.5. The summed E-state index contributed by atoms with van der Waals surface area (Å²) in [6.07, 6.45) is -1.47. The molecule has 0 radical (unpaired) electrons. The minimum Gasteiger partial charge on any atom is -0.343 e. The second-order valence-electron chi connectivity index (χ2n) is 10.1. The highest BCUT2D eigenvalue weighted by Crippen LogP contribution is 2.27. The van der Waals surface area contributed by atoms with E-state index in [-0.39, 0.29) is 26.1 Å². The Morgan fingerprint density at radius 1 is 1.00 bits per heavy atom. The molecule has 2 saturated heterocycles. The Bertz CT molecular complexity index is 1150. The van der Waals surface area contributed by atoms with E-state index in [4.69, 9.17) is 0 Å². The van der Waals surface area contributed by atoms with Gasteiger partial charge in [-0.05, 0) is 22.6 Å². The summed E-state index contributed by atoms with van der Waals surface area (Å²) in [5.41, 5.74) is 2.91. The molecule has 2 N–H and O–H groups in total. The second-order valence-corrected chi connectivity index (χ2v) is 10.1. The number of urea groups is 1. The molecule has 2 aromatic carbocycles. The summed E-state index contributed by atoms with van der Waals surface area (Å²) in [6.45, 7) is 5.40. The number of benzene rings is 2. The molecule has 8 nitrogen and oxygen atoms in total. The van der Waals surface area contributed by atoms with Gasteiger partial charge in [-0.1, -0.05) is 75.4 Å². The van der Waals surface area contributed by atoms with Gasteiger partial charge in [-0.25, -0.2) is 9.18 Å². The minimum absolute atomic E-state index is 0.0859. The molecule has 2 heterocycles. The summed E-state index contributed by atoms with van der Waals surface area (Å²) in [5.74, 6) is -1.49. The van der Waals surface area contributed by atoms with Gasteiger partial charge in [0.25, 0.3) is 0 Å². The van der Waals surface area contributed by atoms with Crippen molar-refractivity contribution in [2.24, 2.45) is 5.92 Å². The molecule has 4 rings (SSSR count). The zero-order chi connectivity index (χ0) is 26.7. The molecule has 196 valence electrons. The summed E-state index contributed by atoms with van der Waals surface area (Å²) in [4.78, 5) is 52.9. The Hall–Kier alpha value is -3.75. The zero-order valence-electron chi connectivity index (χ0n) is 21.3. The van der Waals surface area contributed by atoms with Crippen LogP contribution in [-0.4, -0.2) is 65.4 Å². The molecule has 4 atom stereocenters. The lowest BCUT2D eigenvalue weighted by Crippen LogP contribution is -2.57. The fourth-order valence-corrected chi connectivity index (χ4v) is 4.82. The normalized spacial score (nSPS) is 22.7. The third-order valence-electron chi connectivity index (χ3n) is 7.01. The molecule has 0 aromatic heterocycles. The van der Waals surface area contributed by atoms with Crippen LogP contribution in [0, 0.1) is 5.92 Å². The van der Waals surface area contributed by atoms with Crippen molar-refractivity contribution in [3.8, 4) is 0 Å². The second kappa shape index (κ2) is 11.1. The Labute approximate surface area is 216 Å². The predicted octanol–water partition coefficient (Wildman–Crippen LogP) is 3.14. The zero-order valence-corrected chi connectivity index (χ0v) is 21.3. The van der Waals surface area contributed by atoms with E-state index in [1.54, 1.807) is 6.92 Å². The van der Waals surface area contributed by atoms with E-state index < -0.39 is 47.9 Å². The van der Waals surface area contributed by atoms with Crippen LogP contribution in [0.2, 0.25) is 0 Å². The number of nitrogens with zero attached hydrogens (tertiary/aromatic N) is 2. The Morgan fingerprint density at radius 2 is 1.62 bits per heavy atom. The largest absolute Gasteiger partial charge is 0.343 e. The molecule has 37 heavy (non-hydrogen) atoms. The molecule has 2 fully saturated rings. The average molecular weight is 509 g/mol. The number of rotatable bonds is 7. The van der Waals surface area contributed by atoms with Crippen molar-refractivity contribution in [1.82, 2.24) is 20.4 Å². The lowest BCUT2D eigenvalue weighted by Gasteiger charge is -2.32. The van der Waals surface area contributed by atoms with E-state index in [9.17, 15) is 23.6 Å². The smallest absolute Gasteiger partial charge is 0.324 e. The van der Waals surface area contributed by atoms with E-state index in [2.05, 4.69) is 24.5 Å². The number of imide groups is 1. The standard InChI is InChI=1S/C28H33FN4O4/c1-17(2)19-9-11-21(12-10-19)25(20-7-5-4-6-8-20)30-27(36)23-13-22(29)15-33(23)24(34)16-32-14-18(3)26(35)31-28(32)37/h4-12,17-18,22-23,25H,13-16H2,1-3H3,(H,30,36)(H,31,35,37)/t18?,22-,23+,25+/m1/s1. The topological polar surface area (TPSA) is 98.8 Å². The molecule has 0 bridgehead atoms. The molecular weight excluding hydrogens is 475 g/mol. The van der Waals surface area contributed by atoms with Gasteiger partial charge in [-0.15, -0.1) is 0 Å². The van der Waals surface area contributed by atoms with Crippen LogP contribution in [0.25, 0.3) is 0 Å². The maximum absolute atomic E-state index is 14.5. The van der Waals surface area contributed by atoms with Gasteiger partial charge in [0.2, 0.25) is 17.7 Å². The van der Waals surface area contributed by atoms with Gasteiger partial charge >= 0.3 is 6.03 Å². The predicted molar refractivity (Wildman–Crippen MR) is 136 cm³/mol. The van der Waals surface area contributed by atoms with Gasteiger partial charge in [0.15, 0.2) is 0 Å². The first-order chi connectivity index (χ1) is 17.6. The first-order valence-corrected chi connectivity index (χ1v) is 12.6. The van der Waals surface area contributed by atoms with Crippen LogP contribution in [-0.2, 0) is 14.4 Å². The van der Waals surface area contributed by atoms with Crippen LogP contribution < -0.4 is 10.6 Å². The minimum atomic E-state index is -1.35. The molecular formula is C28H33FN4O4. The molecule has 5 amide bonds. The van der Waals surface area contributed by atoms with Crippen molar-refractivity contribution in [3.05, 3.63) is 71.3 Å². The number of likely N-dealkylation sites (tertiary alicyclic amines) is 1. The molecule has 2 aromatic rings. The molecule has 9 heteroatoms. The van der Waals surface area contributed by atoms with Gasteiger partial charge in [-0.2, -0.15) is 0 Å². The van der Waals surface area contributed by atoms with Crippen LogP contribution in [0.15, 0.2) is 54.6 Å². The Morgan fingerprint density at radius 3 is 2.27 bits per heavy atom. The Kier molecular flexibility index (Phi) is 7.90. The summed E-state index contributed by atoms with van der Waals surface area (Å²) in [5, 5.41) is 5.25. The first-order valence-electron chi connectivity index (χ1n) is 12.6. The highest BCUT2D eigenvalue weighted by atomic mass is 19.1. The maximum Gasteiger partial charge on any atom is 0.324 e. The van der Waals surface area contributed by atoms with E-state index in [0.717, 1.165) is 11.1 Å². The number of amides is 5. The van der Waals surface area contributed by atoms with E-state index in [1.807, 2.05) is 54.6 Å². The van der Waals surface area contributed by atoms with Gasteiger partial charge in [0, 0.05) is 13.0 Å². The molecule has 2 aliphatic rings. The van der Waals surface area contributed by atoms with Gasteiger partial charge in [0.1, 0.15) is 18.8 Å². The first kappa shape index (κ1) is 26.3. The van der Waals surface area contributed by atoms with Crippen molar-refractivity contribution in [2.45, 2.75) is 51.4 Å². The monoisotopic (exact) mass is 508 g/mol. The summed E-state index contributed by atoms with van der Waals surface area (Å²) < 4.78 is 14.5. The van der Waals surface area contributed by atoms with Crippen LogP contribution >= 0.6 is 0 Å². The highest BCUT2D eigenvalue weighted by Gasteiger charge is 2.42. The van der Waals surface area contributed by atoms with Gasteiger partial charge < -0.3 is 15.1 Å². The molecule has 0 spiro atoms. The number of alkyl halides is 1. The van der Waals surface area contributed by atoms with Crippen molar-refractivity contribution in [1.29, 1.82) is 0 Å². The van der Waals surface area contributed by atoms with Crippen LogP contribution in [0.5, 0.6) is 0 Å². The average Bonchev–Trinajstić information content (AvgIpc) is 3.28. The van der Waals surface area contributed by atoms with E-state index in [0.29, 0.717) is 5.92 Å². The van der Waals surface area contributed by atoms with Crippen molar-refractivity contribution in [3.63, 3.8) is 0 Å². The quantitative estimate of drug-likeness (QED) is 0.600. The van der Waals surface area contributed by atoms with E-state index in [1.165, 1.54) is 15.4 Å². The van der Waals surface area contributed by atoms with Gasteiger partial charge in [-0.3, -0.25) is 19.7 Å². The number of nitrogens with one attached hydrogen (secondary N) is 2. The third kappa shape index (κ3) is 5.98. The van der Waals surface area contributed by atoms with Crippen LogP contribution in [0.1, 0.15) is 55.8 Å². The summed E-state index contributed by atoms with van der Waals surface area (Å²) >= 11 is 0.